The van der Waals surface area contributed by atoms with Gasteiger partial charge in [0.25, 0.3) is 11.1 Å². The van der Waals surface area contributed by atoms with Gasteiger partial charge in [-0.1, -0.05) is 42.3 Å². The van der Waals surface area contributed by atoms with Crippen LogP contribution in [0.4, 0.5) is 10.5 Å². The second kappa shape index (κ2) is 6.58. The van der Waals surface area contributed by atoms with Crippen LogP contribution in [0.5, 0.6) is 0 Å². The molecule has 4 nitrogen and oxygen atoms in total. The molecule has 5 heteroatoms. The predicted octanol–water partition coefficient (Wildman–Crippen LogP) is 4.52. The van der Waals surface area contributed by atoms with E-state index < -0.39 is 0 Å². The second-order valence-corrected chi connectivity index (χ2v) is 6.78. The van der Waals surface area contributed by atoms with Gasteiger partial charge in [0.2, 0.25) is 0 Å². The van der Waals surface area contributed by atoms with Crippen molar-refractivity contribution in [3.63, 3.8) is 0 Å². The molecule has 26 heavy (non-hydrogen) atoms. The van der Waals surface area contributed by atoms with Crippen molar-refractivity contribution in [2.45, 2.75) is 6.54 Å². The predicted molar refractivity (Wildman–Crippen MR) is 106 cm³/mol. The van der Waals surface area contributed by atoms with Crippen LogP contribution in [0.25, 0.3) is 17.0 Å². The Morgan fingerprint density at radius 1 is 1.04 bits per heavy atom. The van der Waals surface area contributed by atoms with Gasteiger partial charge < -0.3 is 4.57 Å². The monoisotopic (exact) mass is 358 g/mol. The van der Waals surface area contributed by atoms with Crippen LogP contribution in [0.15, 0.2) is 65.7 Å². The zero-order chi connectivity index (χ0) is 18.1. The molecule has 4 rings (SSSR count). The fourth-order valence-corrected chi connectivity index (χ4v) is 3.86. The Bertz CT molecular complexity index is 1090. The number of hydrogen-bond acceptors (Lipinski definition) is 3. The average molecular weight is 358 g/mol. The summed E-state index contributed by atoms with van der Waals surface area (Å²) in [7, 11) is 0. The highest BCUT2D eigenvalue weighted by molar-refractivity contribution is 8.19. The number of hydrogen-bond donors (Lipinski definition) is 0. The van der Waals surface area contributed by atoms with Gasteiger partial charge >= 0.3 is 0 Å². The van der Waals surface area contributed by atoms with E-state index in [1.165, 1.54) is 4.90 Å². The van der Waals surface area contributed by atoms with E-state index in [2.05, 4.69) is 5.92 Å². The van der Waals surface area contributed by atoms with Gasteiger partial charge in [-0.25, -0.2) is 4.90 Å². The maximum absolute atomic E-state index is 12.8. The first-order chi connectivity index (χ1) is 12.7. The van der Waals surface area contributed by atoms with Crippen molar-refractivity contribution in [2.24, 2.45) is 0 Å². The van der Waals surface area contributed by atoms with Crippen molar-refractivity contribution in [3.8, 4) is 12.3 Å². The van der Waals surface area contributed by atoms with E-state index >= 15 is 0 Å². The molecule has 1 aliphatic rings. The molecule has 0 saturated carbocycles. The first kappa shape index (κ1) is 16.2. The third-order valence-electron chi connectivity index (χ3n) is 4.18. The number of rotatable bonds is 3. The lowest BCUT2D eigenvalue weighted by Crippen LogP contribution is -2.27. The van der Waals surface area contributed by atoms with E-state index in [-0.39, 0.29) is 11.1 Å². The fraction of sp³-hybridized carbons (Fsp3) is 0.0476. The van der Waals surface area contributed by atoms with Crippen LogP contribution in [-0.4, -0.2) is 15.7 Å². The van der Waals surface area contributed by atoms with Gasteiger partial charge in [0.05, 0.1) is 17.1 Å². The van der Waals surface area contributed by atoms with Crippen molar-refractivity contribution >= 4 is 45.6 Å². The molecule has 0 atom stereocenters. The smallest absolute Gasteiger partial charge is 0.298 e. The van der Waals surface area contributed by atoms with Crippen LogP contribution in [0.3, 0.4) is 0 Å². The maximum atomic E-state index is 12.8. The van der Waals surface area contributed by atoms with Crippen molar-refractivity contribution < 1.29 is 9.59 Å². The normalized spacial score (nSPS) is 15.8. The van der Waals surface area contributed by atoms with Gasteiger partial charge in [0.1, 0.15) is 0 Å². The molecule has 0 N–H and O–H groups in total. The van der Waals surface area contributed by atoms with Crippen molar-refractivity contribution in [1.29, 1.82) is 0 Å². The van der Waals surface area contributed by atoms with Crippen molar-refractivity contribution in [2.75, 3.05) is 4.90 Å². The van der Waals surface area contributed by atoms with Gasteiger partial charge in [0, 0.05) is 22.7 Å². The topological polar surface area (TPSA) is 42.3 Å². The number of anilines is 1. The molecular formula is C21H14N2O2S. The van der Waals surface area contributed by atoms with Gasteiger partial charge in [-0.05, 0) is 36.0 Å². The molecule has 0 aliphatic carbocycles. The average Bonchev–Trinajstić information content (AvgIpc) is 3.14. The van der Waals surface area contributed by atoms with Crippen LogP contribution >= 0.6 is 11.8 Å². The lowest BCUT2D eigenvalue weighted by Gasteiger charge is -2.11. The summed E-state index contributed by atoms with van der Waals surface area (Å²) in [5.74, 6) is 2.33. The molecule has 1 aromatic heterocycles. The molecule has 0 spiro atoms. The number of nitrogens with zero attached hydrogens (tertiary/aromatic N) is 2. The molecular weight excluding hydrogens is 344 g/mol. The lowest BCUT2D eigenvalue weighted by atomic mass is 10.1. The van der Waals surface area contributed by atoms with E-state index in [4.69, 9.17) is 6.42 Å². The number of fused-ring (bicyclic) bond motifs is 1. The Hall–Kier alpha value is -3.23. The van der Waals surface area contributed by atoms with Gasteiger partial charge in [0.15, 0.2) is 0 Å². The first-order valence-electron chi connectivity index (χ1n) is 8.03. The molecule has 1 saturated heterocycles. The molecule has 1 aliphatic heterocycles. The number of amides is 2. The zero-order valence-electron chi connectivity index (χ0n) is 13.8. The number of benzene rings is 2. The number of aromatic nitrogens is 1. The van der Waals surface area contributed by atoms with Gasteiger partial charge in [-0.15, -0.1) is 6.42 Å². The minimum Gasteiger partial charge on any atom is -0.335 e. The molecule has 2 amide bonds. The summed E-state index contributed by atoms with van der Waals surface area (Å²) < 4.78 is 1.96. The summed E-state index contributed by atoms with van der Waals surface area (Å²) in [6.45, 7) is 0.444. The zero-order valence-corrected chi connectivity index (χ0v) is 14.6. The highest BCUT2D eigenvalue weighted by Crippen LogP contribution is 2.36. The van der Waals surface area contributed by atoms with Crippen LogP contribution in [0.2, 0.25) is 0 Å². The van der Waals surface area contributed by atoms with Crippen LogP contribution in [-0.2, 0) is 11.3 Å². The van der Waals surface area contributed by atoms with Crippen LogP contribution in [0.1, 0.15) is 5.56 Å². The Labute approximate surface area is 155 Å². The second-order valence-electron chi connectivity index (χ2n) is 5.79. The Morgan fingerprint density at radius 3 is 2.54 bits per heavy atom. The van der Waals surface area contributed by atoms with E-state index in [1.54, 1.807) is 30.3 Å². The largest absolute Gasteiger partial charge is 0.335 e. The summed E-state index contributed by atoms with van der Waals surface area (Å²) in [5, 5.41) is 0.703. The van der Waals surface area contributed by atoms with E-state index in [1.807, 2.05) is 41.1 Å². The third kappa shape index (κ3) is 2.71. The number of carbonyl (C=O) groups is 2. The molecule has 3 aromatic rings. The number of terminal acetylenes is 1. The SMILES string of the molecule is C#CCn1cc(/C=C2\SC(=O)N(c3ccccc3)C2=O)c2ccccc21. The molecule has 0 radical (unpaired) electrons. The maximum Gasteiger partial charge on any atom is 0.298 e. The van der Waals surface area contributed by atoms with Crippen LogP contribution < -0.4 is 4.90 Å². The van der Waals surface area contributed by atoms with Gasteiger partial charge in [-0.3, -0.25) is 9.59 Å². The Kier molecular flexibility index (Phi) is 4.11. The summed E-state index contributed by atoms with van der Waals surface area (Å²) >= 11 is 0.952. The minimum atomic E-state index is -0.306. The van der Waals surface area contributed by atoms with Crippen molar-refractivity contribution in [3.05, 3.63) is 71.3 Å². The van der Waals surface area contributed by atoms with Gasteiger partial charge in [-0.2, -0.15) is 0 Å². The number of imide groups is 1. The summed E-state index contributed by atoms with van der Waals surface area (Å²) in [5.41, 5.74) is 2.45. The number of para-hydroxylation sites is 2. The fourth-order valence-electron chi connectivity index (χ4n) is 3.03. The van der Waals surface area contributed by atoms with E-state index in [0.29, 0.717) is 17.1 Å². The summed E-state index contributed by atoms with van der Waals surface area (Å²) in [4.78, 5) is 26.7. The Balaban J connectivity index is 1.76. The summed E-state index contributed by atoms with van der Waals surface area (Å²) in [6, 6.07) is 16.8. The first-order valence-corrected chi connectivity index (χ1v) is 8.85. The molecule has 0 unspecified atom stereocenters. The molecule has 0 bridgehead atoms. The van der Waals surface area contributed by atoms with Crippen LogP contribution in [0, 0.1) is 12.3 Å². The molecule has 2 aromatic carbocycles. The highest BCUT2D eigenvalue weighted by Gasteiger charge is 2.36. The van der Waals surface area contributed by atoms with E-state index in [9.17, 15) is 9.59 Å². The number of thioether (sulfide) groups is 1. The quantitative estimate of drug-likeness (QED) is 0.511. The molecule has 1 fully saturated rings. The highest BCUT2D eigenvalue weighted by atomic mass is 32.2. The molecule has 2 heterocycles. The molecule has 126 valence electrons. The van der Waals surface area contributed by atoms with Crippen molar-refractivity contribution in [1.82, 2.24) is 4.57 Å². The third-order valence-corrected chi connectivity index (χ3v) is 5.05. The standard InChI is InChI=1S/C21H14N2O2S/c1-2-12-22-14-15(17-10-6-7-11-18(17)22)13-19-20(24)23(21(25)26-19)16-8-4-3-5-9-16/h1,3-11,13-14H,12H2/b19-13-. The minimum absolute atomic E-state index is 0.292. The van der Waals surface area contributed by atoms with E-state index in [0.717, 1.165) is 28.2 Å². The lowest BCUT2D eigenvalue weighted by molar-refractivity contribution is -0.113. The summed E-state index contributed by atoms with van der Waals surface area (Å²) in [6.07, 6.45) is 9.14. The number of carbonyl (C=O) groups excluding carboxylic acids is 2. The Morgan fingerprint density at radius 2 is 1.77 bits per heavy atom.